The molecule has 11 heteroatoms. The largest absolute Gasteiger partial charge is 0.756 e. The number of phosphoric acid groups is 1. The molecule has 0 aliphatic carbocycles. The van der Waals surface area contributed by atoms with Gasteiger partial charge in [0.1, 0.15) is 19.8 Å². The number of hydrogen-bond acceptors (Lipinski definition) is 9. The molecule has 1 N–H and O–H groups in total. The normalized spacial score (nSPS) is 14.7. The molecule has 0 heterocycles. The Morgan fingerprint density at radius 1 is 0.649 bits per heavy atom. The summed E-state index contributed by atoms with van der Waals surface area (Å²) in [6.45, 7) is 4.01. The number of carbonyl (C=O) groups is 2. The second-order valence-corrected chi connectivity index (χ2v) is 17.3. The monoisotopic (exact) mass is 824 g/mol. The molecule has 3 atom stereocenters. The fraction of sp³-hybridized carbons (Fsp3) is 0.739. The van der Waals surface area contributed by atoms with Gasteiger partial charge in [-0.25, -0.2) is 0 Å². The Morgan fingerprint density at radius 2 is 1.19 bits per heavy atom. The first-order valence-electron chi connectivity index (χ1n) is 22.1. The summed E-state index contributed by atoms with van der Waals surface area (Å²) in [4.78, 5) is 37.5. The molecule has 57 heavy (non-hydrogen) atoms. The highest BCUT2D eigenvalue weighted by molar-refractivity contribution is 7.45. The Morgan fingerprint density at radius 3 is 1.86 bits per heavy atom. The second-order valence-electron chi connectivity index (χ2n) is 15.9. The van der Waals surface area contributed by atoms with Crippen molar-refractivity contribution in [1.82, 2.24) is 0 Å². The molecule has 0 aromatic heterocycles. The van der Waals surface area contributed by atoms with E-state index in [9.17, 15) is 24.2 Å². The lowest BCUT2D eigenvalue weighted by Crippen LogP contribution is -2.37. The number of allylic oxidation sites excluding steroid dienone is 8. The third-order valence-corrected chi connectivity index (χ3v) is 10.1. The number of aliphatic hydroxyl groups is 1. The summed E-state index contributed by atoms with van der Waals surface area (Å²) in [5.74, 6) is -0.953. The summed E-state index contributed by atoms with van der Waals surface area (Å²) < 4.78 is 33.8. The predicted octanol–water partition coefficient (Wildman–Crippen LogP) is 10.8. The number of ether oxygens (including phenoxy) is 2. The highest BCUT2D eigenvalue weighted by Crippen LogP contribution is 2.38. The van der Waals surface area contributed by atoms with E-state index in [-0.39, 0.29) is 26.1 Å². The van der Waals surface area contributed by atoms with Crippen LogP contribution in [0, 0.1) is 0 Å². The first-order valence-corrected chi connectivity index (χ1v) is 23.6. The lowest BCUT2D eigenvalue weighted by Gasteiger charge is -2.28. The number of carbonyl (C=O) groups excluding carboxylic acids is 2. The van der Waals surface area contributed by atoms with E-state index in [1.54, 1.807) is 6.08 Å². The SMILES string of the molecule is CCCCC/C=C\C[C@@H](O)/C=C/C=C\C/C=C\CCCC(=O)OC[C@H](COP(=O)([O-])OCC[N+](C)(C)C)OC(=O)CCCCCCC/C=C\CCCCCCCC. The molecule has 0 saturated carbocycles. The van der Waals surface area contributed by atoms with Crippen LogP contribution in [0.3, 0.4) is 0 Å². The molecule has 0 spiro atoms. The van der Waals surface area contributed by atoms with Crippen LogP contribution >= 0.6 is 7.82 Å². The number of likely N-dealkylation sites (N-methyl/N-ethyl adjacent to an activating group) is 1. The van der Waals surface area contributed by atoms with Crippen molar-refractivity contribution in [2.45, 2.75) is 174 Å². The average molecular weight is 824 g/mol. The number of esters is 2. The number of rotatable bonds is 39. The highest BCUT2D eigenvalue weighted by atomic mass is 31.2. The summed E-state index contributed by atoms with van der Waals surface area (Å²) >= 11 is 0. The molecule has 0 rings (SSSR count). The van der Waals surface area contributed by atoms with E-state index in [1.807, 2.05) is 57.6 Å². The average Bonchev–Trinajstić information content (AvgIpc) is 3.15. The van der Waals surface area contributed by atoms with Crippen molar-refractivity contribution < 1.29 is 47.2 Å². The molecule has 0 bridgehead atoms. The van der Waals surface area contributed by atoms with Crippen LogP contribution in [0.1, 0.15) is 162 Å². The maximum atomic E-state index is 12.7. The Kier molecular flexibility index (Phi) is 36.4. The fourth-order valence-corrected chi connectivity index (χ4v) is 6.28. The number of unbranched alkanes of at least 4 members (excludes halogenated alkanes) is 15. The molecule has 0 fully saturated rings. The van der Waals surface area contributed by atoms with Gasteiger partial charge in [0.25, 0.3) is 7.82 Å². The third-order valence-electron chi connectivity index (χ3n) is 9.09. The van der Waals surface area contributed by atoms with Crippen molar-refractivity contribution in [2.75, 3.05) is 47.5 Å². The van der Waals surface area contributed by atoms with Crippen LogP contribution in [-0.4, -0.2) is 81.2 Å². The van der Waals surface area contributed by atoms with Crippen molar-refractivity contribution in [3.05, 3.63) is 60.8 Å². The zero-order chi connectivity index (χ0) is 42.3. The topological polar surface area (TPSA) is 131 Å². The number of nitrogens with zero attached hydrogens (tertiary/aromatic N) is 1. The van der Waals surface area contributed by atoms with Crippen LogP contribution in [0.15, 0.2) is 60.8 Å². The van der Waals surface area contributed by atoms with Crippen LogP contribution in [0.2, 0.25) is 0 Å². The third kappa shape index (κ3) is 41.6. The number of quaternary nitrogens is 1. The van der Waals surface area contributed by atoms with Gasteiger partial charge in [-0.15, -0.1) is 0 Å². The Labute approximate surface area is 348 Å². The van der Waals surface area contributed by atoms with Crippen LogP contribution in [0.25, 0.3) is 0 Å². The van der Waals surface area contributed by atoms with E-state index in [2.05, 4.69) is 32.1 Å². The summed E-state index contributed by atoms with van der Waals surface area (Å²) in [5.41, 5.74) is 0. The molecule has 0 saturated heterocycles. The van der Waals surface area contributed by atoms with E-state index in [4.69, 9.17) is 18.5 Å². The minimum Gasteiger partial charge on any atom is -0.756 e. The molecule has 0 amide bonds. The van der Waals surface area contributed by atoms with Crippen LogP contribution in [0.4, 0.5) is 0 Å². The summed E-state index contributed by atoms with van der Waals surface area (Å²) in [7, 11) is 1.09. The lowest BCUT2D eigenvalue weighted by molar-refractivity contribution is -0.870. The highest BCUT2D eigenvalue weighted by Gasteiger charge is 2.21. The standard InChI is InChI=1S/C46H82NO9P/c1-6-8-10-12-14-15-16-17-18-19-20-21-26-30-34-38-46(50)56-44(42-55-57(51,52)54-40-39-47(3,4)5)41-53-45(49)37-33-29-25-23-22-24-28-32-36-43(48)35-31-27-13-11-9-7-2/h17-18,23-25,27-28,31-32,36,43-44,48H,6-16,19-22,26,29-30,33-35,37-42H2,1-5H3/b18-17-,25-23-,28-24-,31-27-,36-32+/t43-,44-/m1/s1. The second kappa shape index (κ2) is 37.9. The molecule has 330 valence electrons. The summed E-state index contributed by atoms with van der Waals surface area (Å²) in [5, 5.41) is 10.0. The molecular weight excluding hydrogens is 741 g/mol. The Balaban J connectivity index is 4.54. The quantitative estimate of drug-likeness (QED) is 0.0161. The lowest BCUT2D eigenvalue weighted by atomic mass is 10.1. The van der Waals surface area contributed by atoms with Crippen LogP contribution < -0.4 is 4.89 Å². The van der Waals surface area contributed by atoms with Gasteiger partial charge in [0.2, 0.25) is 0 Å². The van der Waals surface area contributed by atoms with Gasteiger partial charge < -0.3 is 33.0 Å². The van der Waals surface area contributed by atoms with Crippen molar-refractivity contribution in [2.24, 2.45) is 0 Å². The van der Waals surface area contributed by atoms with Gasteiger partial charge in [-0.1, -0.05) is 139 Å². The van der Waals surface area contributed by atoms with Gasteiger partial charge in [0.15, 0.2) is 6.10 Å². The van der Waals surface area contributed by atoms with Crippen LogP contribution in [0.5, 0.6) is 0 Å². The molecule has 1 unspecified atom stereocenters. The van der Waals surface area contributed by atoms with Gasteiger partial charge in [-0.05, 0) is 70.6 Å². The Hall–Kier alpha value is -2.33. The fourth-order valence-electron chi connectivity index (χ4n) is 5.55. The van der Waals surface area contributed by atoms with Gasteiger partial charge in [0.05, 0.1) is 33.9 Å². The number of aliphatic hydroxyl groups excluding tert-OH is 1. The van der Waals surface area contributed by atoms with Crippen molar-refractivity contribution in [1.29, 1.82) is 0 Å². The Bertz CT molecular complexity index is 1170. The molecule has 0 aromatic carbocycles. The zero-order valence-corrected chi connectivity index (χ0v) is 37.5. The van der Waals surface area contributed by atoms with Gasteiger partial charge >= 0.3 is 11.9 Å². The minimum atomic E-state index is -4.65. The van der Waals surface area contributed by atoms with Gasteiger partial charge in [-0.3, -0.25) is 14.2 Å². The summed E-state index contributed by atoms with van der Waals surface area (Å²) in [6, 6.07) is 0. The molecule has 0 aromatic rings. The van der Waals surface area contributed by atoms with E-state index in [1.165, 1.54) is 57.8 Å². The zero-order valence-electron chi connectivity index (χ0n) is 36.6. The number of hydrogen-bond donors (Lipinski definition) is 1. The maximum absolute atomic E-state index is 12.7. The minimum absolute atomic E-state index is 0.0531. The van der Waals surface area contributed by atoms with E-state index >= 15 is 0 Å². The molecule has 0 aliphatic heterocycles. The van der Waals surface area contributed by atoms with Gasteiger partial charge in [-0.2, -0.15) is 0 Å². The van der Waals surface area contributed by atoms with Crippen molar-refractivity contribution in [3.8, 4) is 0 Å². The first kappa shape index (κ1) is 54.7. The predicted molar refractivity (Wildman–Crippen MR) is 232 cm³/mol. The van der Waals surface area contributed by atoms with Gasteiger partial charge in [0, 0.05) is 12.8 Å². The molecular formula is C46H82NO9P. The van der Waals surface area contributed by atoms with E-state index < -0.39 is 38.6 Å². The number of phosphoric ester groups is 1. The van der Waals surface area contributed by atoms with E-state index in [0.29, 0.717) is 36.7 Å². The van der Waals surface area contributed by atoms with Crippen molar-refractivity contribution >= 4 is 19.8 Å². The maximum Gasteiger partial charge on any atom is 0.306 e. The first-order chi connectivity index (χ1) is 27.4. The smallest absolute Gasteiger partial charge is 0.306 e. The van der Waals surface area contributed by atoms with Crippen molar-refractivity contribution in [3.63, 3.8) is 0 Å². The molecule has 0 aliphatic rings. The van der Waals surface area contributed by atoms with E-state index in [0.717, 1.165) is 51.4 Å². The molecule has 0 radical (unpaired) electrons. The molecule has 10 nitrogen and oxygen atoms in total. The summed E-state index contributed by atoms with van der Waals surface area (Å²) in [6.07, 6.45) is 41.4. The van der Waals surface area contributed by atoms with Crippen LogP contribution in [-0.2, 0) is 32.7 Å².